The maximum absolute atomic E-state index is 12.6. The van der Waals surface area contributed by atoms with Gasteiger partial charge in [-0.05, 0) is 50.2 Å². The SMILES string of the molecule is CN1CCCCCC(=O)N(C)CCNc2ncnc3[nH]c(O)c(c23)C=Nc2ccc(N3CCOCC3)c(c2)C1. The highest BCUT2D eigenvalue weighted by atomic mass is 16.5. The molecule has 0 spiro atoms. The van der Waals surface area contributed by atoms with Crippen LogP contribution in [0.3, 0.4) is 0 Å². The van der Waals surface area contributed by atoms with Crippen molar-refractivity contribution < 1.29 is 14.6 Å². The number of hydrogen-bond acceptors (Lipinski definition) is 9. The quantitative estimate of drug-likeness (QED) is 0.435. The molecule has 2 aliphatic heterocycles. The van der Waals surface area contributed by atoms with Crippen LogP contribution in [0.4, 0.5) is 17.2 Å². The molecule has 11 nitrogen and oxygen atoms in total. The average molecular weight is 535 g/mol. The molecule has 0 aliphatic carbocycles. The van der Waals surface area contributed by atoms with Crippen molar-refractivity contribution in [2.45, 2.75) is 32.2 Å². The van der Waals surface area contributed by atoms with Crippen molar-refractivity contribution in [1.82, 2.24) is 24.8 Å². The molecule has 2 aliphatic rings. The molecular weight excluding hydrogens is 496 g/mol. The Balaban J connectivity index is 1.49. The summed E-state index contributed by atoms with van der Waals surface area (Å²) in [6.45, 7) is 5.98. The highest BCUT2D eigenvalue weighted by Gasteiger charge is 2.18. The van der Waals surface area contributed by atoms with Crippen molar-refractivity contribution in [2.24, 2.45) is 4.99 Å². The Kier molecular flexibility index (Phi) is 8.58. The summed E-state index contributed by atoms with van der Waals surface area (Å²) in [5.74, 6) is 0.710. The Bertz CT molecular complexity index is 1320. The van der Waals surface area contributed by atoms with Crippen LogP contribution in [0.15, 0.2) is 29.5 Å². The molecule has 208 valence electrons. The van der Waals surface area contributed by atoms with Gasteiger partial charge in [0.05, 0.1) is 29.9 Å². The average Bonchev–Trinajstić information content (AvgIpc) is 3.27. The zero-order chi connectivity index (χ0) is 27.2. The third-order valence-corrected chi connectivity index (χ3v) is 7.40. The van der Waals surface area contributed by atoms with Crippen molar-refractivity contribution in [3.63, 3.8) is 0 Å². The monoisotopic (exact) mass is 534 g/mol. The van der Waals surface area contributed by atoms with Crippen molar-refractivity contribution in [1.29, 1.82) is 0 Å². The molecule has 11 heteroatoms. The summed E-state index contributed by atoms with van der Waals surface area (Å²) in [5.41, 5.74) is 4.25. The predicted molar refractivity (Wildman–Crippen MR) is 153 cm³/mol. The highest BCUT2D eigenvalue weighted by Crippen LogP contribution is 2.31. The van der Waals surface area contributed by atoms with Crippen molar-refractivity contribution in [2.75, 3.05) is 70.2 Å². The number of nitrogens with zero attached hydrogens (tertiary/aromatic N) is 6. The van der Waals surface area contributed by atoms with Gasteiger partial charge in [0.2, 0.25) is 5.91 Å². The summed E-state index contributed by atoms with van der Waals surface area (Å²) in [6.07, 6.45) is 6.59. The van der Waals surface area contributed by atoms with E-state index >= 15 is 0 Å². The molecular formula is C28H38N8O3. The maximum atomic E-state index is 12.6. The number of amides is 1. The normalized spacial score (nSPS) is 18.8. The molecule has 5 rings (SSSR count). The molecule has 1 aromatic carbocycles. The van der Waals surface area contributed by atoms with E-state index in [1.807, 2.05) is 13.1 Å². The maximum Gasteiger partial charge on any atom is 0.222 e. The van der Waals surface area contributed by atoms with Gasteiger partial charge < -0.3 is 34.8 Å². The van der Waals surface area contributed by atoms with Gasteiger partial charge in [-0.1, -0.05) is 6.42 Å². The van der Waals surface area contributed by atoms with Crippen molar-refractivity contribution in [3.8, 4) is 5.88 Å². The van der Waals surface area contributed by atoms with Gasteiger partial charge in [-0.3, -0.25) is 9.79 Å². The number of aromatic hydroxyl groups is 1. The van der Waals surface area contributed by atoms with Crippen molar-refractivity contribution >= 4 is 40.3 Å². The van der Waals surface area contributed by atoms with Crippen LogP contribution in [0.25, 0.3) is 11.0 Å². The molecule has 1 fully saturated rings. The molecule has 2 bridgehead atoms. The molecule has 0 saturated carbocycles. The number of nitrogens with one attached hydrogen (secondary N) is 2. The summed E-state index contributed by atoms with van der Waals surface area (Å²) in [6, 6.07) is 6.29. The van der Waals surface area contributed by atoms with E-state index in [1.165, 1.54) is 17.6 Å². The lowest BCUT2D eigenvalue weighted by molar-refractivity contribution is -0.129. The van der Waals surface area contributed by atoms with Gasteiger partial charge in [0.15, 0.2) is 5.88 Å². The second-order valence-electron chi connectivity index (χ2n) is 10.3. The molecule has 3 aromatic rings. The van der Waals surface area contributed by atoms with E-state index in [2.05, 4.69) is 49.2 Å². The Morgan fingerprint density at radius 2 is 1.87 bits per heavy atom. The number of rotatable bonds is 1. The number of morpholine rings is 1. The van der Waals surface area contributed by atoms with E-state index < -0.39 is 0 Å². The highest BCUT2D eigenvalue weighted by molar-refractivity contribution is 6.06. The number of carbonyl (C=O) groups excluding carboxylic acids is 1. The first-order valence-corrected chi connectivity index (χ1v) is 13.7. The lowest BCUT2D eigenvalue weighted by Crippen LogP contribution is -2.37. The predicted octanol–water partition coefficient (Wildman–Crippen LogP) is 3.13. The second kappa shape index (κ2) is 12.4. The molecule has 2 aromatic heterocycles. The van der Waals surface area contributed by atoms with E-state index in [9.17, 15) is 9.90 Å². The van der Waals surface area contributed by atoms with Crippen LogP contribution in [-0.4, -0.2) is 102 Å². The zero-order valence-electron chi connectivity index (χ0n) is 22.8. The van der Waals surface area contributed by atoms with E-state index in [1.54, 1.807) is 11.1 Å². The molecule has 1 saturated heterocycles. The van der Waals surface area contributed by atoms with Crippen LogP contribution in [-0.2, 0) is 16.1 Å². The van der Waals surface area contributed by atoms with E-state index in [-0.39, 0.29) is 11.8 Å². The van der Waals surface area contributed by atoms with Crippen LogP contribution >= 0.6 is 0 Å². The Morgan fingerprint density at radius 1 is 1.03 bits per heavy atom. The number of ether oxygens (including phenoxy) is 1. The fraction of sp³-hybridized carbons (Fsp3) is 0.500. The number of hydrogen-bond donors (Lipinski definition) is 3. The largest absolute Gasteiger partial charge is 0.494 e. The standard InChI is InChI=1S/C28H38N8O3/c1-34-10-5-3-4-6-24(37)35(2)11-9-29-26-25-22(28(38)33-27(25)32-19-31-26)17-30-21-7-8-23(20(16-21)18-34)36-12-14-39-15-13-36/h7-8,16-17,19,38H,3-6,9-15,18H2,1-2H3,(H2,29,31,32,33). The molecule has 1 amide bonds. The number of benzene rings is 1. The van der Waals surface area contributed by atoms with Gasteiger partial charge in [-0.15, -0.1) is 0 Å². The molecule has 0 atom stereocenters. The lowest BCUT2D eigenvalue weighted by Gasteiger charge is -2.31. The van der Waals surface area contributed by atoms with Gasteiger partial charge in [-0.2, -0.15) is 0 Å². The number of aromatic amines is 1. The third kappa shape index (κ3) is 6.48. The Morgan fingerprint density at radius 3 is 2.72 bits per heavy atom. The van der Waals surface area contributed by atoms with Crippen LogP contribution in [0.2, 0.25) is 0 Å². The lowest BCUT2D eigenvalue weighted by atomic mass is 10.1. The number of H-pyrrole nitrogens is 1. The van der Waals surface area contributed by atoms with Crippen LogP contribution in [0.1, 0.15) is 36.8 Å². The number of fused-ring (bicyclic) bond motifs is 2. The van der Waals surface area contributed by atoms with E-state index in [0.717, 1.165) is 64.3 Å². The van der Waals surface area contributed by atoms with Crippen LogP contribution < -0.4 is 10.2 Å². The number of likely N-dealkylation sites (N-methyl/N-ethyl adjacent to an activating group) is 1. The molecule has 0 unspecified atom stereocenters. The van der Waals surface area contributed by atoms with Gasteiger partial charge in [0, 0.05) is 58.1 Å². The van der Waals surface area contributed by atoms with Gasteiger partial charge in [0.1, 0.15) is 17.8 Å². The van der Waals surface area contributed by atoms with Gasteiger partial charge >= 0.3 is 0 Å². The Labute approximate surface area is 228 Å². The van der Waals surface area contributed by atoms with Crippen molar-refractivity contribution in [3.05, 3.63) is 35.7 Å². The minimum atomic E-state index is -0.0170. The molecule has 39 heavy (non-hydrogen) atoms. The van der Waals surface area contributed by atoms with Gasteiger partial charge in [0.25, 0.3) is 0 Å². The first-order valence-electron chi connectivity index (χ1n) is 13.7. The number of aromatic nitrogens is 3. The first kappa shape index (κ1) is 26.9. The topological polar surface area (TPSA) is 122 Å². The smallest absolute Gasteiger partial charge is 0.222 e. The summed E-state index contributed by atoms with van der Waals surface area (Å²) in [7, 11) is 3.97. The fourth-order valence-electron chi connectivity index (χ4n) is 5.19. The molecule has 0 radical (unpaired) electrons. The fourth-order valence-corrected chi connectivity index (χ4v) is 5.19. The molecule has 4 heterocycles. The van der Waals surface area contributed by atoms with Crippen LogP contribution in [0.5, 0.6) is 5.88 Å². The summed E-state index contributed by atoms with van der Waals surface area (Å²) < 4.78 is 5.58. The Hall–Kier alpha value is -3.70. The summed E-state index contributed by atoms with van der Waals surface area (Å²) >= 11 is 0. The van der Waals surface area contributed by atoms with Gasteiger partial charge in [-0.25, -0.2) is 9.97 Å². The van der Waals surface area contributed by atoms with E-state index in [4.69, 9.17) is 9.73 Å². The summed E-state index contributed by atoms with van der Waals surface area (Å²) in [4.78, 5) is 35.5. The number of aliphatic imine (C=N–C) groups is 1. The van der Waals surface area contributed by atoms with Crippen LogP contribution in [0, 0.1) is 0 Å². The molecule has 3 N–H and O–H groups in total. The minimum Gasteiger partial charge on any atom is -0.494 e. The zero-order valence-corrected chi connectivity index (χ0v) is 22.8. The first-order chi connectivity index (χ1) is 19.0. The second-order valence-corrected chi connectivity index (χ2v) is 10.3. The minimum absolute atomic E-state index is 0.0170. The number of carbonyl (C=O) groups is 1. The number of anilines is 2. The summed E-state index contributed by atoms with van der Waals surface area (Å²) in [5, 5.41) is 14.7. The van der Waals surface area contributed by atoms with E-state index in [0.29, 0.717) is 41.9 Å². The third-order valence-electron chi connectivity index (χ3n) is 7.40.